The molecule has 0 bridgehead atoms. The minimum Gasteiger partial charge on any atom is -0.505 e. The Labute approximate surface area is 104 Å². The second-order valence-corrected chi connectivity index (χ2v) is 4.09. The van der Waals surface area contributed by atoms with Gasteiger partial charge in [-0.2, -0.15) is 0 Å². The van der Waals surface area contributed by atoms with Crippen LogP contribution < -0.4 is 5.73 Å². The van der Waals surface area contributed by atoms with E-state index in [-0.39, 0.29) is 22.8 Å². The van der Waals surface area contributed by atoms with E-state index in [4.69, 9.17) is 5.73 Å². The second-order valence-electron chi connectivity index (χ2n) is 4.09. The summed E-state index contributed by atoms with van der Waals surface area (Å²) >= 11 is 0. The van der Waals surface area contributed by atoms with Crippen molar-refractivity contribution in [1.29, 1.82) is 0 Å². The summed E-state index contributed by atoms with van der Waals surface area (Å²) in [7, 11) is 0. The first-order chi connectivity index (χ1) is 8.49. The first-order valence-electron chi connectivity index (χ1n) is 5.38. The molecule has 0 spiro atoms. The average molecular weight is 245 g/mol. The molecule has 92 valence electrons. The molecule has 0 aliphatic carbocycles. The summed E-state index contributed by atoms with van der Waals surface area (Å²) in [6.07, 6.45) is 0. The quantitative estimate of drug-likeness (QED) is 0.485. The van der Waals surface area contributed by atoms with Crippen LogP contribution in [0.4, 0.5) is 10.1 Å². The number of aromatic hydroxyl groups is 1. The number of anilines is 1. The SMILES string of the molecule is Cc1cc(N)c(O)c(C(=O)c2ccc(F)cc2)c1. The fraction of sp³-hybridized carbons (Fsp3) is 0.0714. The molecular formula is C14H12FNO2. The summed E-state index contributed by atoms with van der Waals surface area (Å²) in [5, 5.41) is 9.79. The normalized spacial score (nSPS) is 10.3. The summed E-state index contributed by atoms with van der Waals surface area (Å²) in [6.45, 7) is 1.78. The minimum absolute atomic E-state index is 0.124. The molecule has 0 aromatic heterocycles. The molecule has 4 heteroatoms. The lowest BCUT2D eigenvalue weighted by Gasteiger charge is -2.08. The van der Waals surface area contributed by atoms with Gasteiger partial charge in [0.2, 0.25) is 0 Å². The van der Waals surface area contributed by atoms with Crippen molar-refractivity contribution in [3.05, 3.63) is 58.9 Å². The Balaban J connectivity index is 2.49. The van der Waals surface area contributed by atoms with E-state index in [1.165, 1.54) is 24.3 Å². The Morgan fingerprint density at radius 3 is 2.44 bits per heavy atom. The summed E-state index contributed by atoms with van der Waals surface area (Å²) in [5.41, 5.74) is 6.95. The van der Waals surface area contributed by atoms with Crippen molar-refractivity contribution in [2.75, 3.05) is 5.73 Å². The van der Waals surface area contributed by atoms with E-state index in [9.17, 15) is 14.3 Å². The number of phenols is 1. The lowest BCUT2D eigenvalue weighted by molar-refractivity contribution is 0.103. The van der Waals surface area contributed by atoms with Crippen molar-refractivity contribution in [1.82, 2.24) is 0 Å². The van der Waals surface area contributed by atoms with Gasteiger partial charge in [0.05, 0.1) is 11.3 Å². The van der Waals surface area contributed by atoms with Gasteiger partial charge in [0.15, 0.2) is 5.78 Å². The third kappa shape index (κ3) is 2.18. The molecule has 3 nitrogen and oxygen atoms in total. The van der Waals surface area contributed by atoms with Gasteiger partial charge in [0.25, 0.3) is 0 Å². The zero-order valence-corrected chi connectivity index (χ0v) is 9.77. The molecule has 2 rings (SSSR count). The molecule has 0 saturated heterocycles. The number of benzene rings is 2. The highest BCUT2D eigenvalue weighted by atomic mass is 19.1. The molecular weight excluding hydrogens is 233 g/mol. The zero-order chi connectivity index (χ0) is 13.3. The Hall–Kier alpha value is -2.36. The lowest BCUT2D eigenvalue weighted by atomic mass is 10.00. The first-order valence-corrected chi connectivity index (χ1v) is 5.38. The third-order valence-electron chi connectivity index (χ3n) is 2.63. The number of carbonyl (C=O) groups excluding carboxylic acids is 1. The maximum Gasteiger partial charge on any atom is 0.196 e. The van der Waals surface area contributed by atoms with Crippen LogP contribution in [0, 0.1) is 12.7 Å². The van der Waals surface area contributed by atoms with Crippen LogP contribution in [-0.4, -0.2) is 10.9 Å². The van der Waals surface area contributed by atoms with Gasteiger partial charge in [-0.15, -0.1) is 0 Å². The maximum atomic E-state index is 12.8. The fourth-order valence-corrected chi connectivity index (χ4v) is 1.74. The smallest absolute Gasteiger partial charge is 0.196 e. The number of nitrogens with two attached hydrogens (primary N) is 1. The largest absolute Gasteiger partial charge is 0.505 e. The molecule has 0 unspecified atom stereocenters. The number of nitrogen functional groups attached to an aromatic ring is 1. The predicted molar refractivity (Wildman–Crippen MR) is 67.1 cm³/mol. The number of rotatable bonds is 2. The third-order valence-corrected chi connectivity index (χ3v) is 2.63. The van der Waals surface area contributed by atoms with Gasteiger partial charge in [0, 0.05) is 5.56 Å². The van der Waals surface area contributed by atoms with Crippen LogP contribution in [-0.2, 0) is 0 Å². The van der Waals surface area contributed by atoms with Crippen molar-refractivity contribution >= 4 is 11.5 Å². The molecule has 0 aliphatic heterocycles. The summed E-state index contributed by atoms with van der Waals surface area (Å²) in [5.74, 6) is -1.04. The minimum atomic E-state index is -0.417. The molecule has 0 heterocycles. The van der Waals surface area contributed by atoms with Crippen molar-refractivity contribution in [3.8, 4) is 5.75 Å². The zero-order valence-electron chi connectivity index (χ0n) is 9.77. The Bertz CT molecular complexity index is 606. The molecule has 18 heavy (non-hydrogen) atoms. The number of aryl methyl sites for hydroxylation is 1. The van der Waals surface area contributed by atoms with E-state index in [1.54, 1.807) is 19.1 Å². The van der Waals surface area contributed by atoms with Crippen LogP contribution in [0.3, 0.4) is 0 Å². The number of ketones is 1. The van der Waals surface area contributed by atoms with Crippen molar-refractivity contribution in [2.45, 2.75) is 6.92 Å². The van der Waals surface area contributed by atoms with Crippen LogP contribution in [0.15, 0.2) is 36.4 Å². The highest BCUT2D eigenvalue weighted by molar-refractivity contribution is 6.11. The van der Waals surface area contributed by atoms with Gasteiger partial charge in [-0.3, -0.25) is 4.79 Å². The van der Waals surface area contributed by atoms with Crippen molar-refractivity contribution in [3.63, 3.8) is 0 Å². The Morgan fingerprint density at radius 2 is 1.83 bits per heavy atom. The molecule has 3 N–H and O–H groups in total. The van der Waals surface area contributed by atoms with Crippen LogP contribution in [0.25, 0.3) is 0 Å². The van der Waals surface area contributed by atoms with E-state index in [1.807, 2.05) is 0 Å². The monoisotopic (exact) mass is 245 g/mol. The molecule has 0 fully saturated rings. The van der Waals surface area contributed by atoms with Crippen LogP contribution in [0.1, 0.15) is 21.5 Å². The average Bonchev–Trinajstić information content (AvgIpc) is 2.34. The van der Waals surface area contributed by atoms with E-state index < -0.39 is 5.82 Å². The Kier molecular flexibility index (Phi) is 3.02. The molecule has 0 radical (unpaired) electrons. The Morgan fingerprint density at radius 1 is 1.22 bits per heavy atom. The van der Waals surface area contributed by atoms with Crippen LogP contribution >= 0.6 is 0 Å². The van der Waals surface area contributed by atoms with Crippen LogP contribution in [0.5, 0.6) is 5.75 Å². The van der Waals surface area contributed by atoms with E-state index in [2.05, 4.69) is 0 Å². The molecule has 0 aliphatic rings. The lowest BCUT2D eigenvalue weighted by Crippen LogP contribution is -2.04. The molecule has 0 amide bonds. The molecule has 2 aromatic carbocycles. The van der Waals surface area contributed by atoms with Crippen LogP contribution in [0.2, 0.25) is 0 Å². The van der Waals surface area contributed by atoms with Gasteiger partial charge in [-0.1, -0.05) is 0 Å². The van der Waals surface area contributed by atoms with Gasteiger partial charge < -0.3 is 10.8 Å². The standard InChI is InChI=1S/C14H12FNO2/c1-8-6-11(14(18)12(16)7-8)13(17)9-2-4-10(15)5-3-9/h2-7,18H,16H2,1H3. The van der Waals surface area contributed by atoms with E-state index in [0.29, 0.717) is 5.56 Å². The molecule has 0 saturated carbocycles. The van der Waals surface area contributed by atoms with E-state index >= 15 is 0 Å². The van der Waals surface area contributed by atoms with E-state index in [0.717, 1.165) is 5.56 Å². The molecule has 2 aromatic rings. The number of phenolic OH excluding ortho intramolecular Hbond substituents is 1. The highest BCUT2D eigenvalue weighted by Gasteiger charge is 2.16. The van der Waals surface area contributed by atoms with Crippen molar-refractivity contribution in [2.24, 2.45) is 0 Å². The van der Waals surface area contributed by atoms with Gasteiger partial charge in [-0.05, 0) is 48.9 Å². The summed E-state index contributed by atoms with van der Waals surface area (Å²) in [6, 6.07) is 8.27. The predicted octanol–water partition coefficient (Wildman–Crippen LogP) is 2.65. The second kappa shape index (κ2) is 4.49. The van der Waals surface area contributed by atoms with Gasteiger partial charge in [0.1, 0.15) is 11.6 Å². The number of hydrogen-bond donors (Lipinski definition) is 2. The number of carbonyl (C=O) groups is 1. The topological polar surface area (TPSA) is 63.3 Å². The number of halogens is 1. The fourth-order valence-electron chi connectivity index (χ4n) is 1.74. The highest BCUT2D eigenvalue weighted by Crippen LogP contribution is 2.28. The van der Waals surface area contributed by atoms with Gasteiger partial charge >= 0.3 is 0 Å². The summed E-state index contributed by atoms with van der Waals surface area (Å²) < 4.78 is 12.8. The van der Waals surface area contributed by atoms with Gasteiger partial charge in [-0.25, -0.2) is 4.39 Å². The maximum absolute atomic E-state index is 12.8. The van der Waals surface area contributed by atoms with Crippen molar-refractivity contribution < 1.29 is 14.3 Å². The molecule has 0 atom stereocenters. The number of hydrogen-bond acceptors (Lipinski definition) is 3. The first kappa shape index (κ1) is 12.1. The summed E-state index contributed by atoms with van der Waals surface area (Å²) in [4.78, 5) is 12.1.